The molecule has 6 unspecified atom stereocenters. The standard InChI is InChI=1S/C25H17F4NOS.C22H15F3N2OS2.C18H17F2N3OS.C17H15F2N3OS.C16H19FN2OS2/c26-20-7-1-17(2-8-20)25(18-3-9-21(27)10-4-18,19-5-11-22(28)12-6-19)32(31)30-24-15-13-23(29)14-16-24;23-18-7-1-15(2-8-18)22(16-3-9-19(24)10-4-16,17-5-11-20(25)12-6-17)30(28)27-21-26-13-14-29-21;1-21-25(24)18(17-22-11-12-23(17)2,13-3-7-15(19)8-4-13)14-5-9-16(20)10-6-14;1-22-11-10-21-16(22)17(24(20)23,12-2-6-14(18)7-3-12)13-4-8-15(19)9-5-13;17-14-8-6-13(7-9-14)16(22(18)20,15-19-10-11-21-15)12-4-2-1-3-5-12/h1-16,30H;1-14H,(H,26,27);3-12,21H,1-2H3;2-11H,20H2,1H3;6-12H,1-5,18H2. The van der Waals surface area contributed by atoms with Crippen LogP contribution in [0.2, 0.25) is 0 Å². The van der Waals surface area contributed by atoms with E-state index in [2.05, 4.69) is 34.1 Å². The van der Waals surface area contributed by atoms with Crippen molar-refractivity contribution in [3.05, 3.63) is 487 Å². The summed E-state index contributed by atoms with van der Waals surface area (Å²) in [5.41, 5.74) is 6.14. The molecule has 1 aliphatic rings. The molecule has 35 heteroatoms. The quantitative estimate of drug-likeness (QED) is 0.0270. The van der Waals surface area contributed by atoms with E-state index < -0.39 is 143 Å². The Morgan fingerprint density at radius 3 is 0.827 bits per heavy atom. The molecule has 17 rings (SSSR count). The number of hydrogen-bond acceptors (Lipinski definition) is 11. The van der Waals surface area contributed by atoms with E-state index >= 15 is 0 Å². The van der Waals surface area contributed by atoms with E-state index in [0.29, 0.717) is 78.1 Å². The Hall–Kier alpha value is -12.3. The molecule has 0 radical (unpaired) electrons. The van der Waals surface area contributed by atoms with Gasteiger partial charge in [0, 0.05) is 67.7 Å². The minimum Gasteiger partial charge on any atom is -0.336 e. The average molecular weight is 1950 g/mol. The first kappa shape index (κ1) is 98.2. The molecule has 0 aliphatic heterocycles. The summed E-state index contributed by atoms with van der Waals surface area (Å²) in [6, 6.07) is 67.1. The van der Waals surface area contributed by atoms with Crippen LogP contribution in [0.3, 0.4) is 0 Å². The van der Waals surface area contributed by atoms with Gasteiger partial charge in [0.1, 0.15) is 156 Å². The van der Waals surface area contributed by atoms with Crippen molar-refractivity contribution in [1.82, 2.24) is 33.8 Å². The van der Waals surface area contributed by atoms with Crippen molar-refractivity contribution in [1.29, 1.82) is 0 Å². The lowest BCUT2D eigenvalue weighted by atomic mass is 9.76. The van der Waals surface area contributed by atoms with Crippen LogP contribution in [0.25, 0.3) is 0 Å². The van der Waals surface area contributed by atoms with Gasteiger partial charge in [-0.3, -0.25) is 15.0 Å². The summed E-state index contributed by atoms with van der Waals surface area (Å²) >= 11 is 2.74. The average Bonchev–Trinajstić information content (AvgIpc) is 1.73. The van der Waals surface area contributed by atoms with Crippen LogP contribution in [-0.4, -0.2) is 57.2 Å². The Labute approximate surface area is 779 Å². The summed E-state index contributed by atoms with van der Waals surface area (Å²) in [6.07, 6.45) is 15.2. The fourth-order valence-corrected chi connectivity index (χ4v) is 24.8. The second-order valence-corrected chi connectivity index (χ2v) is 38.6. The van der Waals surface area contributed by atoms with Crippen LogP contribution in [0.4, 0.5) is 63.5 Å². The molecule has 133 heavy (non-hydrogen) atoms. The number of imidazole rings is 2. The predicted octanol–water partition coefficient (Wildman–Crippen LogP) is 21.2. The Bertz CT molecular complexity index is 6320. The van der Waals surface area contributed by atoms with Crippen molar-refractivity contribution in [2.45, 2.75) is 55.8 Å². The van der Waals surface area contributed by atoms with Crippen LogP contribution in [0, 0.1) is 75.7 Å². The summed E-state index contributed by atoms with van der Waals surface area (Å²) < 4.78 is 235. The van der Waals surface area contributed by atoms with Crippen LogP contribution in [0.15, 0.2) is 339 Å². The van der Waals surface area contributed by atoms with Gasteiger partial charge in [0.15, 0.2) is 14.6 Å². The maximum Gasteiger partial charge on any atom is 0.194 e. The molecule has 1 fully saturated rings. The van der Waals surface area contributed by atoms with Crippen molar-refractivity contribution in [2.75, 3.05) is 16.5 Å². The maximum atomic E-state index is 14.0. The Balaban J connectivity index is 0.000000142. The minimum absolute atomic E-state index is 0.170. The van der Waals surface area contributed by atoms with Crippen molar-refractivity contribution in [2.24, 2.45) is 30.3 Å². The number of nitrogens with two attached hydrogens (primary N) is 2. The zero-order valence-electron chi connectivity index (χ0n) is 70.7. The fourth-order valence-electron chi connectivity index (χ4n) is 16.2. The third-order valence-corrected chi connectivity index (χ3v) is 31.7. The van der Waals surface area contributed by atoms with Gasteiger partial charge in [-0.05, 0) is 245 Å². The van der Waals surface area contributed by atoms with Crippen molar-refractivity contribution < 1.29 is 73.7 Å². The number of nitrogens with one attached hydrogen (secondary N) is 3. The lowest BCUT2D eigenvalue weighted by Gasteiger charge is -2.39. The lowest BCUT2D eigenvalue weighted by molar-refractivity contribution is 0.301. The minimum atomic E-state index is -1.99. The van der Waals surface area contributed by atoms with E-state index in [1.165, 1.54) is 284 Å². The fraction of sp³-hybridized carbons (Fsp3) is 0.143. The van der Waals surface area contributed by atoms with Crippen LogP contribution in [0.1, 0.15) is 110 Å². The molecule has 16 nitrogen and oxygen atoms in total. The molecule has 0 saturated heterocycles. The van der Waals surface area contributed by atoms with Gasteiger partial charge in [0.2, 0.25) is 0 Å². The first-order valence-electron chi connectivity index (χ1n) is 40.7. The van der Waals surface area contributed by atoms with Gasteiger partial charge in [-0.1, -0.05) is 153 Å². The molecule has 686 valence electrons. The van der Waals surface area contributed by atoms with Gasteiger partial charge in [0.25, 0.3) is 0 Å². The molecule has 1 saturated carbocycles. The summed E-state index contributed by atoms with van der Waals surface area (Å²) in [4.78, 5) is 17.3. The molecule has 4 aromatic heterocycles. The van der Waals surface area contributed by atoms with E-state index in [0.717, 1.165) is 36.3 Å². The van der Waals surface area contributed by atoms with Crippen LogP contribution in [-0.2, 0) is 92.8 Å². The molecule has 16 aromatic rings. The molecule has 0 amide bonds. The van der Waals surface area contributed by atoms with Crippen LogP contribution in [0.5, 0.6) is 0 Å². The zero-order valence-corrected chi connectivity index (χ0v) is 76.4. The Kier molecular flexibility index (Phi) is 32.5. The molecular weight excluding hydrogens is 1860 g/mol. The molecule has 12 aromatic carbocycles. The highest BCUT2D eigenvalue weighted by molar-refractivity contribution is 7.88. The van der Waals surface area contributed by atoms with Crippen LogP contribution < -0.4 is 24.4 Å². The number of thiazole rings is 2. The van der Waals surface area contributed by atoms with E-state index in [1.54, 1.807) is 109 Å². The molecule has 4 heterocycles. The first-order chi connectivity index (χ1) is 64.0. The highest BCUT2D eigenvalue weighted by Gasteiger charge is 2.51. The zero-order chi connectivity index (χ0) is 94.8. The van der Waals surface area contributed by atoms with Crippen LogP contribution >= 0.6 is 22.7 Å². The first-order valence-corrected chi connectivity index (χ1v) is 48.3. The van der Waals surface area contributed by atoms with Gasteiger partial charge in [-0.25, -0.2) is 98.4 Å². The number of rotatable bonds is 25. The second-order valence-electron chi connectivity index (χ2n) is 30.1. The van der Waals surface area contributed by atoms with Gasteiger partial charge in [-0.15, -0.1) is 22.7 Å². The molecule has 7 N–H and O–H groups in total. The van der Waals surface area contributed by atoms with Crippen molar-refractivity contribution in [3.63, 3.8) is 0 Å². The molecule has 6 atom stereocenters. The number of halogens is 12. The van der Waals surface area contributed by atoms with Gasteiger partial charge in [0.05, 0.1) is 0 Å². The lowest BCUT2D eigenvalue weighted by Crippen LogP contribution is -2.44. The van der Waals surface area contributed by atoms with Gasteiger partial charge < -0.3 is 13.9 Å². The summed E-state index contributed by atoms with van der Waals surface area (Å²) in [7, 11) is -3.99. The third-order valence-electron chi connectivity index (χ3n) is 22.3. The summed E-state index contributed by atoms with van der Waals surface area (Å²) in [5, 5.41) is 16.7. The van der Waals surface area contributed by atoms with E-state index in [-0.39, 0.29) is 11.7 Å². The van der Waals surface area contributed by atoms with E-state index in [4.69, 9.17) is 10.3 Å². The van der Waals surface area contributed by atoms with Gasteiger partial charge in [-0.2, -0.15) is 0 Å². The smallest absolute Gasteiger partial charge is 0.194 e. The SMILES string of the molecule is CNS(=O)C(c1ccc(F)cc1)(c1ccc(F)cc1)c1nccn1C.Cn1ccnc1C(c1ccc(F)cc1)(c1ccc(F)cc1)S(N)=O.NS(=O)C(c1ccc(F)cc1)(c1nccs1)C1CCCCC1.O=S(Nc1ccc(F)cc1)C(c1ccc(F)cc1)(c1ccc(F)cc1)c1ccc(F)cc1.O=S(Nc1nccs1)C(c1ccc(F)cc1)(c1ccc(F)cc1)c1ccc(F)cc1. The predicted molar refractivity (Wildman–Crippen MR) is 500 cm³/mol. The third kappa shape index (κ3) is 21.2. The monoisotopic (exact) mass is 1950 g/mol. The number of nitrogens with zero attached hydrogens (tertiary/aromatic N) is 6. The summed E-state index contributed by atoms with van der Waals surface area (Å²) in [5.74, 6) is -4.13. The number of anilines is 2. The van der Waals surface area contributed by atoms with Crippen molar-refractivity contribution >= 4 is 88.4 Å². The highest BCUT2D eigenvalue weighted by Crippen LogP contribution is 2.51. The van der Waals surface area contributed by atoms with Gasteiger partial charge >= 0.3 is 0 Å². The number of hydrogen-bond donors (Lipinski definition) is 5. The largest absolute Gasteiger partial charge is 0.336 e. The normalized spacial score (nSPS) is 14.0. The highest BCUT2D eigenvalue weighted by atomic mass is 32.2. The Morgan fingerprint density at radius 2 is 0.571 bits per heavy atom. The molecule has 0 spiro atoms. The van der Waals surface area contributed by atoms with Crippen molar-refractivity contribution in [3.8, 4) is 0 Å². The molecule has 0 bridgehead atoms. The molecular formula is C98H83F12N11O5S7. The van der Waals surface area contributed by atoms with E-state index in [1.807, 2.05) is 5.38 Å². The van der Waals surface area contributed by atoms with E-state index in [9.17, 15) is 73.7 Å². The molecule has 1 aliphatic carbocycles. The number of benzene rings is 12. The maximum absolute atomic E-state index is 14.0. The second kappa shape index (κ2) is 44.0. The topological polar surface area (TPSA) is 235 Å². The number of aryl methyl sites for hydroxylation is 2. The Morgan fingerprint density at radius 1 is 0.308 bits per heavy atom. The number of aromatic nitrogens is 6. The summed E-state index contributed by atoms with van der Waals surface area (Å²) in [6.45, 7) is 0.